The van der Waals surface area contributed by atoms with E-state index in [2.05, 4.69) is 42.5 Å². The van der Waals surface area contributed by atoms with Gasteiger partial charge in [-0.1, -0.05) is 60.7 Å². The van der Waals surface area contributed by atoms with E-state index in [0.29, 0.717) is 25.2 Å². The third-order valence-electron chi connectivity index (χ3n) is 4.68. The number of fused-ring (bicyclic) bond motifs is 1. The van der Waals surface area contributed by atoms with Crippen LogP contribution in [0.25, 0.3) is 11.1 Å². The summed E-state index contributed by atoms with van der Waals surface area (Å²) in [7, 11) is 0. The molecule has 0 aromatic heterocycles. The first kappa shape index (κ1) is 15.6. The Bertz CT molecular complexity index is 897. The largest absolute Gasteiger partial charge is 0.489 e. The molecule has 2 heteroatoms. The third kappa shape index (κ3) is 3.63. The van der Waals surface area contributed by atoms with Crippen LogP contribution in [0.15, 0.2) is 72.8 Å². The smallest absolute Gasteiger partial charge is 0.137 e. The molecule has 0 aliphatic heterocycles. The van der Waals surface area contributed by atoms with Crippen molar-refractivity contribution in [3.05, 3.63) is 89.5 Å². The van der Waals surface area contributed by atoms with Gasteiger partial charge in [-0.25, -0.2) is 0 Å². The number of Topliss-reactive ketones (excluding diaryl/α,β-unsaturated/α-hetero) is 1. The van der Waals surface area contributed by atoms with E-state index in [9.17, 15) is 4.79 Å². The summed E-state index contributed by atoms with van der Waals surface area (Å²) in [6, 6.07) is 24.8. The Labute approximate surface area is 148 Å². The molecule has 0 radical (unpaired) electrons. The molecule has 0 saturated carbocycles. The molecule has 0 saturated heterocycles. The van der Waals surface area contributed by atoms with Crippen molar-refractivity contribution in [2.75, 3.05) is 0 Å². The van der Waals surface area contributed by atoms with Crippen LogP contribution in [0.4, 0.5) is 0 Å². The number of benzene rings is 3. The lowest BCUT2D eigenvalue weighted by Crippen LogP contribution is -2.12. The Kier molecular flexibility index (Phi) is 4.34. The van der Waals surface area contributed by atoms with E-state index in [1.807, 2.05) is 30.3 Å². The zero-order valence-electron chi connectivity index (χ0n) is 14.1. The lowest BCUT2D eigenvalue weighted by molar-refractivity contribution is -0.118. The highest BCUT2D eigenvalue weighted by Crippen LogP contribution is 2.28. The van der Waals surface area contributed by atoms with E-state index in [0.717, 1.165) is 23.3 Å². The van der Waals surface area contributed by atoms with Crippen LogP contribution in [-0.2, 0) is 24.2 Å². The minimum atomic E-state index is 0.344. The average Bonchev–Trinajstić information content (AvgIpc) is 2.67. The fourth-order valence-corrected chi connectivity index (χ4v) is 3.29. The molecule has 0 heterocycles. The number of ketones is 1. The van der Waals surface area contributed by atoms with Gasteiger partial charge in [0, 0.05) is 12.8 Å². The van der Waals surface area contributed by atoms with Gasteiger partial charge >= 0.3 is 0 Å². The second-order valence-corrected chi connectivity index (χ2v) is 6.50. The van der Waals surface area contributed by atoms with Gasteiger partial charge in [-0.3, -0.25) is 4.79 Å². The first-order chi connectivity index (χ1) is 12.3. The molecule has 3 aromatic carbocycles. The molecule has 0 N–H and O–H groups in total. The quantitative estimate of drug-likeness (QED) is 0.674. The molecular weight excluding hydrogens is 308 g/mol. The highest BCUT2D eigenvalue weighted by Gasteiger charge is 2.16. The number of carbonyl (C=O) groups is 1. The van der Waals surface area contributed by atoms with Crippen molar-refractivity contribution in [3.8, 4) is 16.9 Å². The van der Waals surface area contributed by atoms with Crippen LogP contribution in [0, 0.1) is 0 Å². The van der Waals surface area contributed by atoms with Gasteiger partial charge in [0.25, 0.3) is 0 Å². The summed E-state index contributed by atoms with van der Waals surface area (Å²) in [6.45, 7) is 0.566. The standard InChI is InChI=1S/C23H20O2/c24-22-12-11-20-13-19(9-10-21(20)14-22)18-7-4-8-23(15-18)25-16-17-5-2-1-3-6-17/h1-10,13,15H,11-12,14,16H2. The number of hydrogen-bond acceptors (Lipinski definition) is 2. The van der Waals surface area contributed by atoms with Gasteiger partial charge in [-0.2, -0.15) is 0 Å². The predicted molar refractivity (Wildman–Crippen MR) is 99.7 cm³/mol. The molecular formula is C23H20O2. The van der Waals surface area contributed by atoms with Gasteiger partial charge in [0.2, 0.25) is 0 Å². The molecule has 3 aromatic rings. The molecule has 0 atom stereocenters. The molecule has 1 aliphatic rings. The van der Waals surface area contributed by atoms with E-state index < -0.39 is 0 Å². The monoisotopic (exact) mass is 328 g/mol. The molecule has 2 nitrogen and oxygen atoms in total. The first-order valence-electron chi connectivity index (χ1n) is 8.68. The number of carbonyl (C=O) groups excluding carboxylic acids is 1. The lowest BCUT2D eigenvalue weighted by atomic mass is 9.88. The highest BCUT2D eigenvalue weighted by molar-refractivity contribution is 5.83. The maximum Gasteiger partial charge on any atom is 0.137 e. The summed E-state index contributed by atoms with van der Waals surface area (Å²) >= 11 is 0. The number of hydrogen-bond donors (Lipinski definition) is 0. The van der Waals surface area contributed by atoms with Crippen LogP contribution in [0.1, 0.15) is 23.1 Å². The van der Waals surface area contributed by atoms with Gasteiger partial charge < -0.3 is 4.74 Å². The van der Waals surface area contributed by atoms with E-state index in [-0.39, 0.29) is 0 Å². The Hall–Kier alpha value is -2.87. The normalized spacial score (nSPS) is 13.4. The molecule has 124 valence electrons. The maximum absolute atomic E-state index is 11.6. The van der Waals surface area contributed by atoms with Gasteiger partial charge in [0.05, 0.1) is 0 Å². The molecule has 0 fully saturated rings. The van der Waals surface area contributed by atoms with Crippen LogP contribution >= 0.6 is 0 Å². The number of ether oxygens (including phenoxy) is 1. The zero-order valence-corrected chi connectivity index (χ0v) is 14.1. The van der Waals surface area contributed by atoms with E-state index in [1.165, 1.54) is 16.7 Å². The summed E-state index contributed by atoms with van der Waals surface area (Å²) in [4.78, 5) is 11.6. The van der Waals surface area contributed by atoms with Crippen molar-refractivity contribution < 1.29 is 9.53 Å². The van der Waals surface area contributed by atoms with Crippen LogP contribution < -0.4 is 4.74 Å². The van der Waals surface area contributed by atoms with Crippen molar-refractivity contribution in [2.45, 2.75) is 25.9 Å². The van der Waals surface area contributed by atoms with E-state index >= 15 is 0 Å². The minimum absolute atomic E-state index is 0.344. The van der Waals surface area contributed by atoms with Crippen LogP contribution in [-0.4, -0.2) is 5.78 Å². The minimum Gasteiger partial charge on any atom is -0.489 e. The topological polar surface area (TPSA) is 26.3 Å². The molecule has 4 rings (SSSR count). The van der Waals surface area contributed by atoms with Crippen molar-refractivity contribution in [2.24, 2.45) is 0 Å². The van der Waals surface area contributed by atoms with Crippen LogP contribution in [0.5, 0.6) is 5.75 Å². The summed E-state index contributed by atoms with van der Waals surface area (Å²) in [5, 5.41) is 0. The molecule has 0 spiro atoms. The van der Waals surface area contributed by atoms with Crippen LogP contribution in [0.2, 0.25) is 0 Å². The summed E-state index contributed by atoms with van der Waals surface area (Å²) in [5.41, 5.74) is 5.96. The van der Waals surface area contributed by atoms with Crippen molar-refractivity contribution in [3.63, 3.8) is 0 Å². The summed E-state index contributed by atoms with van der Waals surface area (Å²) in [6.07, 6.45) is 2.10. The maximum atomic E-state index is 11.6. The second-order valence-electron chi connectivity index (χ2n) is 6.50. The fraction of sp³-hybridized carbons (Fsp3) is 0.174. The average molecular weight is 328 g/mol. The molecule has 0 unspecified atom stereocenters. The fourth-order valence-electron chi connectivity index (χ4n) is 3.29. The lowest BCUT2D eigenvalue weighted by Gasteiger charge is -2.16. The molecule has 0 bridgehead atoms. The molecule has 0 amide bonds. The summed E-state index contributed by atoms with van der Waals surface area (Å²) < 4.78 is 5.94. The Morgan fingerprint density at radius 2 is 1.60 bits per heavy atom. The van der Waals surface area contributed by atoms with E-state index in [4.69, 9.17) is 4.74 Å². The summed E-state index contributed by atoms with van der Waals surface area (Å²) in [5.74, 6) is 1.21. The van der Waals surface area contributed by atoms with Crippen molar-refractivity contribution in [1.29, 1.82) is 0 Å². The Morgan fingerprint density at radius 3 is 2.48 bits per heavy atom. The van der Waals surface area contributed by atoms with Gasteiger partial charge in [0.15, 0.2) is 0 Å². The molecule has 1 aliphatic carbocycles. The predicted octanol–water partition coefficient (Wildman–Crippen LogP) is 4.99. The Morgan fingerprint density at radius 1 is 0.760 bits per heavy atom. The van der Waals surface area contributed by atoms with Crippen molar-refractivity contribution >= 4 is 5.78 Å². The van der Waals surface area contributed by atoms with Crippen molar-refractivity contribution in [1.82, 2.24) is 0 Å². The second kappa shape index (κ2) is 6.94. The highest BCUT2D eigenvalue weighted by atomic mass is 16.5. The van der Waals surface area contributed by atoms with Gasteiger partial charge in [0.1, 0.15) is 18.1 Å². The number of rotatable bonds is 4. The van der Waals surface area contributed by atoms with E-state index in [1.54, 1.807) is 0 Å². The first-order valence-corrected chi connectivity index (χ1v) is 8.68. The van der Waals surface area contributed by atoms with Gasteiger partial charge in [-0.05, 0) is 46.4 Å². The number of aryl methyl sites for hydroxylation is 1. The Balaban J connectivity index is 1.54. The third-order valence-corrected chi connectivity index (χ3v) is 4.68. The molecule has 25 heavy (non-hydrogen) atoms. The van der Waals surface area contributed by atoms with Crippen LogP contribution in [0.3, 0.4) is 0 Å². The zero-order chi connectivity index (χ0) is 17.1. The van der Waals surface area contributed by atoms with Gasteiger partial charge in [-0.15, -0.1) is 0 Å². The SMILES string of the molecule is O=C1CCc2cc(-c3cccc(OCc4ccccc4)c3)ccc2C1.